The van der Waals surface area contributed by atoms with Crippen LogP contribution in [-0.2, 0) is 6.42 Å². The minimum atomic E-state index is -0.407. The number of piperazine rings is 1. The molecule has 1 aromatic carbocycles. The summed E-state index contributed by atoms with van der Waals surface area (Å²) < 4.78 is 1.08. The quantitative estimate of drug-likeness (QED) is 0.930. The first-order valence-electron chi connectivity index (χ1n) is 6.25. The van der Waals surface area contributed by atoms with E-state index in [9.17, 15) is 5.26 Å². The Bertz CT molecular complexity index is 431. The fourth-order valence-electron chi connectivity index (χ4n) is 2.38. The van der Waals surface area contributed by atoms with Crippen LogP contribution in [0.5, 0.6) is 0 Å². The molecule has 96 valence electrons. The zero-order valence-electron chi connectivity index (χ0n) is 10.6. The molecule has 1 atom stereocenters. The van der Waals surface area contributed by atoms with E-state index in [0.717, 1.165) is 37.1 Å². The van der Waals surface area contributed by atoms with E-state index < -0.39 is 5.54 Å². The molecule has 1 heterocycles. The molecule has 4 heteroatoms. The van der Waals surface area contributed by atoms with Crippen molar-refractivity contribution in [3.8, 4) is 6.07 Å². The Balaban J connectivity index is 2.12. The van der Waals surface area contributed by atoms with E-state index >= 15 is 0 Å². The normalized spacial score (nSPS) is 20.1. The minimum Gasteiger partial charge on any atom is -0.314 e. The summed E-state index contributed by atoms with van der Waals surface area (Å²) in [7, 11) is 0. The van der Waals surface area contributed by atoms with Crippen LogP contribution in [0.3, 0.4) is 0 Å². The molecule has 1 saturated heterocycles. The Morgan fingerprint density at radius 1 is 1.33 bits per heavy atom. The summed E-state index contributed by atoms with van der Waals surface area (Å²) in [5, 5.41) is 12.9. The number of nitriles is 1. The lowest BCUT2D eigenvalue weighted by molar-refractivity contribution is 0.132. The molecular formula is C14H18BrN3. The second-order valence-electron chi connectivity index (χ2n) is 4.93. The summed E-state index contributed by atoms with van der Waals surface area (Å²) in [6, 6.07) is 10.7. The van der Waals surface area contributed by atoms with Gasteiger partial charge in [-0.1, -0.05) is 28.1 Å². The summed E-state index contributed by atoms with van der Waals surface area (Å²) in [6.45, 7) is 5.87. The van der Waals surface area contributed by atoms with Crippen molar-refractivity contribution in [2.45, 2.75) is 18.9 Å². The van der Waals surface area contributed by atoms with Gasteiger partial charge >= 0.3 is 0 Å². The average molecular weight is 308 g/mol. The number of benzene rings is 1. The van der Waals surface area contributed by atoms with Crippen molar-refractivity contribution < 1.29 is 0 Å². The van der Waals surface area contributed by atoms with E-state index in [1.165, 1.54) is 5.56 Å². The molecule has 2 rings (SSSR count). The maximum absolute atomic E-state index is 9.53. The molecule has 18 heavy (non-hydrogen) atoms. The van der Waals surface area contributed by atoms with Crippen molar-refractivity contribution in [3.05, 3.63) is 34.3 Å². The molecule has 0 saturated carbocycles. The molecule has 0 aliphatic carbocycles. The van der Waals surface area contributed by atoms with Crippen molar-refractivity contribution in [2.24, 2.45) is 0 Å². The number of hydrogen-bond acceptors (Lipinski definition) is 3. The lowest BCUT2D eigenvalue weighted by atomic mass is 9.92. The predicted molar refractivity (Wildman–Crippen MR) is 76.3 cm³/mol. The topological polar surface area (TPSA) is 39.1 Å². The highest BCUT2D eigenvalue weighted by Crippen LogP contribution is 2.22. The van der Waals surface area contributed by atoms with Gasteiger partial charge in [0.25, 0.3) is 0 Å². The number of rotatable bonds is 3. The van der Waals surface area contributed by atoms with Crippen LogP contribution in [0.4, 0.5) is 0 Å². The summed E-state index contributed by atoms with van der Waals surface area (Å²) >= 11 is 3.44. The molecule has 0 amide bonds. The van der Waals surface area contributed by atoms with Gasteiger partial charge in [0, 0.05) is 37.1 Å². The highest BCUT2D eigenvalue weighted by Gasteiger charge is 2.32. The molecule has 0 spiro atoms. The van der Waals surface area contributed by atoms with Crippen molar-refractivity contribution >= 4 is 15.9 Å². The van der Waals surface area contributed by atoms with E-state index in [4.69, 9.17) is 0 Å². The van der Waals surface area contributed by atoms with E-state index in [-0.39, 0.29) is 0 Å². The largest absolute Gasteiger partial charge is 0.314 e. The average Bonchev–Trinajstić information content (AvgIpc) is 2.42. The fourth-order valence-corrected chi connectivity index (χ4v) is 2.64. The maximum Gasteiger partial charge on any atom is 0.110 e. The standard InChI is InChI=1S/C14H18BrN3/c1-14(11-16,18-8-6-17-7-9-18)10-12-2-4-13(15)5-3-12/h2-5,17H,6-10H2,1H3. The third-order valence-corrected chi connectivity index (χ3v) is 4.05. The van der Waals surface area contributed by atoms with Crippen LogP contribution in [0.25, 0.3) is 0 Å². The second kappa shape index (κ2) is 5.83. The van der Waals surface area contributed by atoms with Gasteiger partial charge in [0.15, 0.2) is 0 Å². The lowest BCUT2D eigenvalue weighted by Crippen LogP contribution is -2.55. The summed E-state index contributed by atoms with van der Waals surface area (Å²) in [5.74, 6) is 0. The van der Waals surface area contributed by atoms with Crippen LogP contribution in [0.2, 0.25) is 0 Å². The van der Waals surface area contributed by atoms with Gasteiger partial charge in [-0.3, -0.25) is 4.90 Å². The Hall–Kier alpha value is -0.890. The third kappa shape index (κ3) is 3.11. The molecule has 0 aromatic heterocycles. The molecule has 0 radical (unpaired) electrons. The van der Waals surface area contributed by atoms with Crippen LogP contribution in [0, 0.1) is 11.3 Å². The number of nitrogens with zero attached hydrogens (tertiary/aromatic N) is 2. The molecule has 1 aliphatic rings. The second-order valence-corrected chi connectivity index (χ2v) is 5.84. The first kappa shape index (κ1) is 13.5. The van der Waals surface area contributed by atoms with Crippen molar-refractivity contribution in [2.75, 3.05) is 26.2 Å². The first-order valence-corrected chi connectivity index (χ1v) is 7.05. The lowest BCUT2D eigenvalue weighted by Gasteiger charge is -2.38. The van der Waals surface area contributed by atoms with Gasteiger partial charge < -0.3 is 5.32 Å². The summed E-state index contributed by atoms with van der Waals surface area (Å²) in [5.41, 5.74) is 0.802. The van der Waals surface area contributed by atoms with Gasteiger partial charge in [-0.25, -0.2) is 0 Å². The zero-order chi connectivity index (χ0) is 13.0. The van der Waals surface area contributed by atoms with Gasteiger partial charge in [0.1, 0.15) is 5.54 Å². The Morgan fingerprint density at radius 2 is 1.94 bits per heavy atom. The fraction of sp³-hybridized carbons (Fsp3) is 0.500. The number of hydrogen-bond donors (Lipinski definition) is 1. The van der Waals surface area contributed by atoms with Gasteiger partial charge in [-0.2, -0.15) is 5.26 Å². The van der Waals surface area contributed by atoms with Crippen LogP contribution in [0.15, 0.2) is 28.7 Å². The Morgan fingerprint density at radius 3 is 2.50 bits per heavy atom. The molecule has 1 N–H and O–H groups in total. The molecule has 1 unspecified atom stereocenters. The van der Waals surface area contributed by atoms with Crippen LogP contribution in [-0.4, -0.2) is 36.6 Å². The van der Waals surface area contributed by atoms with Crippen LogP contribution in [0.1, 0.15) is 12.5 Å². The highest BCUT2D eigenvalue weighted by molar-refractivity contribution is 9.10. The molecule has 3 nitrogen and oxygen atoms in total. The van der Waals surface area contributed by atoms with E-state index in [0.29, 0.717) is 0 Å². The zero-order valence-corrected chi connectivity index (χ0v) is 12.2. The van der Waals surface area contributed by atoms with Gasteiger partial charge in [-0.05, 0) is 24.6 Å². The Kier molecular flexibility index (Phi) is 4.39. The predicted octanol–water partition coefficient (Wildman–Crippen LogP) is 2.18. The molecule has 0 bridgehead atoms. The summed E-state index contributed by atoms with van der Waals surface area (Å²) in [6.07, 6.45) is 0.775. The SMILES string of the molecule is CC(C#N)(Cc1ccc(Br)cc1)N1CCNCC1. The van der Waals surface area contributed by atoms with E-state index in [1.54, 1.807) is 0 Å². The Labute approximate surface area is 117 Å². The highest BCUT2D eigenvalue weighted by atomic mass is 79.9. The summed E-state index contributed by atoms with van der Waals surface area (Å²) in [4.78, 5) is 2.28. The monoisotopic (exact) mass is 307 g/mol. The van der Waals surface area contributed by atoms with E-state index in [2.05, 4.69) is 44.3 Å². The third-order valence-electron chi connectivity index (χ3n) is 3.52. The molecule has 1 aliphatic heterocycles. The van der Waals surface area contributed by atoms with Crippen molar-refractivity contribution in [3.63, 3.8) is 0 Å². The maximum atomic E-state index is 9.53. The van der Waals surface area contributed by atoms with Crippen LogP contribution < -0.4 is 5.32 Å². The van der Waals surface area contributed by atoms with Crippen molar-refractivity contribution in [1.82, 2.24) is 10.2 Å². The molecule has 1 aromatic rings. The van der Waals surface area contributed by atoms with Gasteiger partial charge in [-0.15, -0.1) is 0 Å². The smallest absolute Gasteiger partial charge is 0.110 e. The number of halogens is 1. The number of nitrogens with one attached hydrogen (secondary N) is 1. The van der Waals surface area contributed by atoms with Crippen molar-refractivity contribution in [1.29, 1.82) is 5.26 Å². The van der Waals surface area contributed by atoms with Gasteiger partial charge in [0.05, 0.1) is 6.07 Å². The van der Waals surface area contributed by atoms with Gasteiger partial charge in [0.2, 0.25) is 0 Å². The first-order chi connectivity index (χ1) is 8.64. The minimum absolute atomic E-state index is 0.407. The van der Waals surface area contributed by atoms with E-state index in [1.807, 2.05) is 19.1 Å². The molecule has 1 fully saturated rings. The van der Waals surface area contributed by atoms with Crippen LogP contribution >= 0.6 is 15.9 Å². The molecular weight excluding hydrogens is 290 g/mol.